The van der Waals surface area contributed by atoms with E-state index in [-0.39, 0.29) is 5.69 Å². The number of hydrogen-bond donors (Lipinski definition) is 1. The maximum Gasteiger partial charge on any atom is 0.349 e. The highest BCUT2D eigenvalue weighted by Gasteiger charge is 2.17. The molecule has 0 aromatic carbocycles. The van der Waals surface area contributed by atoms with Gasteiger partial charge in [-0.25, -0.2) is 9.78 Å². The van der Waals surface area contributed by atoms with Crippen LogP contribution in [-0.2, 0) is 6.42 Å². The number of nitrogens with zero attached hydrogens (tertiary/aromatic N) is 3. The summed E-state index contributed by atoms with van der Waals surface area (Å²) >= 11 is 1.53. The Hall–Kier alpha value is -2.41. The molecule has 0 spiro atoms. The third-order valence-electron chi connectivity index (χ3n) is 3.48. The van der Waals surface area contributed by atoms with Gasteiger partial charge in [-0.3, -0.25) is 4.98 Å². The van der Waals surface area contributed by atoms with Gasteiger partial charge in [-0.05, 0) is 35.4 Å². The minimum atomic E-state index is -0.286. The number of thiophene rings is 1. The zero-order valence-corrected chi connectivity index (χ0v) is 13.0. The third kappa shape index (κ3) is 1.97. The predicted octanol–water partition coefficient (Wildman–Crippen LogP) is 3.09. The molecule has 0 aliphatic rings. The number of H-pyrrole nitrogens is 1. The molecular formula is C15H14N4O2S. The van der Waals surface area contributed by atoms with Gasteiger partial charge in [0.05, 0.1) is 11.6 Å². The van der Waals surface area contributed by atoms with E-state index in [9.17, 15) is 4.79 Å². The molecule has 22 heavy (non-hydrogen) atoms. The summed E-state index contributed by atoms with van der Waals surface area (Å²) in [7, 11) is 0. The highest BCUT2D eigenvalue weighted by molar-refractivity contribution is 7.17. The van der Waals surface area contributed by atoms with E-state index in [1.807, 2.05) is 0 Å². The van der Waals surface area contributed by atoms with Gasteiger partial charge >= 0.3 is 5.69 Å². The van der Waals surface area contributed by atoms with Crippen LogP contribution in [0, 0.1) is 5.92 Å². The monoisotopic (exact) mass is 314 g/mol. The Morgan fingerprint density at radius 2 is 2.32 bits per heavy atom. The summed E-state index contributed by atoms with van der Waals surface area (Å²) in [6.45, 7) is 4.34. The van der Waals surface area contributed by atoms with Gasteiger partial charge in [-0.1, -0.05) is 13.8 Å². The van der Waals surface area contributed by atoms with Gasteiger partial charge in [0.15, 0.2) is 11.4 Å². The molecule has 0 atom stereocenters. The number of aromatic amines is 1. The Bertz CT molecular complexity index is 1010. The first-order valence-electron chi connectivity index (χ1n) is 7.06. The lowest BCUT2D eigenvalue weighted by Crippen LogP contribution is -2.17. The molecule has 0 aliphatic heterocycles. The molecular weight excluding hydrogens is 300 g/mol. The lowest BCUT2D eigenvalue weighted by molar-refractivity contribution is 0.577. The van der Waals surface area contributed by atoms with Gasteiger partial charge in [0, 0.05) is 0 Å². The van der Waals surface area contributed by atoms with Gasteiger partial charge in [-0.2, -0.15) is 4.52 Å². The number of hydrogen-bond acceptors (Lipinski definition) is 5. The summed E-state index contributed by atoms with van der Waals surface area (Å²) in [5.41, 5.74) is 1.49. The smallest absolute Gasteiger partial charge is 0.349 e. The Morgan fingerprint density at radius 1 is 1.45 bits per heavy atom. The number of rotatable bonds is 3. The highest BCUT2D eigenvalue weighted by atomic mass is 32.1. The standard InChI is InChI=1S/C15H14N4O2S/c1-8(2)6-9-7-22-14-11(9)13-16-12(10-4-3-5-21-10)18-19(13)15(20)17-14/h3-5,7-8H,6H2,1-2H3,(H,17,20). The molecule has 4 rings (SSSR count). The fourth-order valence-electron chi connectivity index (χ4n) is 2.60. The topological polar surface area (TPSA) is 76.2 Å². The average Bonchev–Trinajstić information content (AvgIpc) is 3.15. The summed E-state index contributed by atoms with van der Waals surface area (Å²) in [5.74, 6) is 1.50. The van der Waals surface area contributed by atoms with Crippen molar-refractivity contribution in [2.45, 2.75) is 20.3 Å². The van der Waals surface area contributed by atoms with Crippen molar-refractivity contribution in [3.05, 3.63) is 39.8 Å². The molecule has 0 amide bonds. The lowest BCUT2D eigenvalue weighted by atomic mass is 10.0. The van der Waals surface area contributed by atoms with Crippen molar-refractivity contribution in [1.82, 2.24) is 19.6 Å². The van der Waals surface area contributed by atoms with Gasteiger partial charge in [0.2, 0.25) is 5.82 Å². The number of aromatic nitrogens is 4. The van der Waals surface area contributed by atoms with Crippen LogP contribution in [0.5, 0.6) is 0 Å². The lowest BCUT2D eigenvalue weighted by Gasteiger charge is -2.03. The Balaban J connectivity index is 2.04. The summed E-state index contributed by atoms with van der Waals surface area (Å²) in [4.78, 5) is 20.4. The molecule has 0 bridgehead atoms. The average molecular weight is 314 g/mol. The molecule has 6 nitrogen and oxygen atoms in total. The van der Waals surface area contributed by atoms with Crippen LogP contribution in [0.1, 0.15) is 19.4 Å². The second kappa shape index (κ2) is 4.81. The van der Waals surface area contributed by atoms with Crippen LogP contribution in [0.3, 0.4) is 0 Å². The van der Waals surface area contributed by atoms with Crippen molar-refractivity contribution in [2.75, 3.05) is 0 Å². The SMILES string of the molecule is CC(C)Cc1csc2[nH]c(=O)n3nc(-c4ccco4)nc3c12. The maximum atomic E-state index is 12.2. The zero-order chi connectivity index (χ0) is 15.3. The maximum absolute atomic E-state index is 12.2. The fraction of sp³-hybridized carbons (Fsp3) is 0.267. The molecule has 112 valence electrons. The number of fused-ring (bicyclic) bond motifs is 3. The molecule has 4 heterocycles. The van der Waals surface area contributed by atoms with Crippen molar-refractivity contribution in [2.24, 2.45) is 5.92 Å². The van der Waals surface area contributed by atoms with Gasteiger partial charge < -0.3 is 4.42 Å². The van der Waals surface area contributed by atoms with Crippen molar-refractivity contribution in [1.29, 1.82) is 0 Å². The van der Waals surface area contributed by atoms with E-state index in [0.717, 1.165) is 16.6 Å². The summed E-state index contributed by atoms with van der Waals surface area (Å²) in [5, 5.41) is 7.34. The molecule has 4 aromatic heterocycles. The van der Waals surface area contributed by atoms with Crippen LogP contribution in [0.15, 0.2) is 33.0 Å². The van der Waals surface area contributed by atoms with Gasteiger partial charge in [-0.15, -0.1) is 16.4 Å². The van der Waals surface area contributed by atoms with Crippen molar-refractivity contribution >= 4 is 27.2 Å². The molecule has 0 radical (unpaired) electrons. The molecule has 0 aliphatic carbocycles. The summed E-state index contributed by atoms with van der Waals surface area (Å²) in [6, 6.07) is 3.55. The Kier molecular flexibility index (Phi) is 2.90. The number of furan rings is 1. The second-order valence-corrected chi connectivity index (χ2v) is 6.52. The van der Waals surface area contributed by atoms with E-state index in [1.165, 1.54) is 21.4 Å². The summed E-state index contributed by atoms with van der Waals surface area (Å²) < 4.78 is 6.65. The molecule has 4 aromatic rings. The Morgan fingerprint density at radius 3 is 3.05 bits per heavy atom. The number of nitrogens with one attached hydrogen (secondary N) is 1. The van der Waals surface area contributed by atoms with E-state index >= 15 is 0 Å². The quantitative estimate of drug-likeness (QED) is 0.630. The van der Waals surface area contributed by atoms with Crippen LogP contribution in [0.25, 0.3) is 27.4 Å². The van der Waals surface area contributed by atoms with Crippen LogP contribution in [0.2, 0.25) is 0 Å². The van der Waals surface area contributed by atoms with E-state index in [4.69, 9.17) is 4.42 Å². The van der Waals surface area contributed by atoms with Crippen molar-refractivity contribution in [3.8, 4) is 11.6 Å². The van der Waals surface area contributed by atoms with Crippen LogP contribution >= 0.6 is 11.3 Å². The van der Waals surface area contributed by atoms with Crippen molar-refractivity contribution < 1.29 is 4.42 Å². The molecule has 0 fully saturated rings. The van der Waals surface area contributed by atoms with E-state index in [0.29, 0.717) is 23.1 Å². The van der Waals surface area contributed by atoms with Crippen LogP contribution in [0.4, 0.5) is 0 Å². The molecule has 0 unspecified atom stereocenters. The van der Waals surface area contributed by atoms with E-state index in [2.05, 4.69) is 34.3 Å². The molecule has 0 saturated heterocycles. The predicted molar refractivity (Wildman–Crippen MR) is 85.2 cm³/mol. The van der Waals surface area contributed by atoms with Gasteiger partial charge in [0.25, 0.3) is 0 Å². The van der Waals surface area contributed by atoms with Crippen molar-refractivity contribution in [3.63, 3.8) is 0 Å². The highest BCUT2D eigenvalue weighted by Crippen LogP contribution is 2.29. The summed E-state index contributed by atoms with van der Waals surface area (Å²) in [6.07, 6.45) is 2.50. The van der Waals surface area contributed by atoms with E-state index in [1.54, 1.807) is 18.4 Å². The first kappa shape index (κ1) is 13.3. The normalized spacial score (nSPS) is 12.0. The second-order valence-electron chi connectivity index (χ2n) is 5.64. The molecule has 7 heteroatoms. The first-order chi connectivity index (χ1) is 10.6. The third-order valence-corrected chi connectivity index (χ3v) is 4.42. The minimum Gasteiger partial charge on any atom is -0.461 e. The van der Waals surface area contributed by atoms with Gasteiger partial charge in [0.1, 0.15) is 4.83 Å². The largest absolute Gasteiger partial charge is 0.461 e. The molecule has 1 N–H and O–H groups in total. The molecule has 0 saturated carbocycles. The minimum absolute atomic E-state index is 0.286. The van der Waals surface area contributed by atoms with Crippen LogP contribution < -0.4 is 5.69 Å². The zero-order valence-electron chi connectivity index (χ0n) is 12.2. The Labute approximate surface area is 129 Å². The van der Waals surface area contributed by atoms with E-state index < -0.39 is 0 Å². The fourth-order valence-corrected chi connectivity index (χ4v) is 3.56. The van der Waals surface area contributed by atoms with Crippen LogP contribution in [-0.4, -0.2) is 19.6 Å². The first-order valence-corrected chi connectivity index (χ1v) is 7.94.